The zero-order chi connectivity index (χ0) is 20.1. The lowest BCUT2D eigenvalue weighted by molar-refractivity contribution is -0.152. The van der Waals surface area contributed by atoms with Crippen molar-refractivity contribution in [3.05, 3.63) is 48.0 Å². The molecule has 0 aromatic heterocycles. The number of benzene rings is 2. The zero-order valence-corrected chi connectivity index (χ0v) is 16.7. The molecule has 0 unspecified atom stereocenters. The van der Waals surface area contributed by atoms with E-state index in [1.165, 1.54) is 0 Å². The number of hydrogen-bond acceptors (Lipinski definition) is 4. The number of aliphatic carboxylic acids is 1. The summed E-state index contributed by atoms with van der Waals surface area (Å²) in [7, 11) is 4.97. The van der Waals surface area contributed by atoms with Crippen molar-refractivity contribution in [3.8, 4) is 22.6 Å². The van der Waals surface area contributed by atoms with Gasteiger partial charge in [0.15, 0.2) is 0 Å². The smallest absolute Gasteiger partial charge is 0.309 e. The van der Waals surface area contributed by atoms with Gasteiger partial charge < -0.3 is 19.3 Å². The number of carboxylic acids is 1. The molecule has 0 aliphatic heterocycles. The van der Waals surface area contributed by atoms with Crippen molar-refractivity contribution in [3.63, 3.8) is 0 Å². The Bertz CT molecular complexity index is 782. The Hall–Kier alpha value is -2.53. The third kappa shape index (κ3) is 3.99. The van der Waals surface area contributed by atoms with Gasteiger partial charge in [0, 0.05) is 7.11 Å². The molecule has 0 heterocycles. The maximum Gasteiger partial charge on any atom is 0.309 e. The minimum Gasteiger partial charge on any atom is -0.496 e. The largest absolute Gasteiger partial charge is 0.496 e. The zero-order valence-electron chi connectivity index (χ0n) is 16.7. The van der Waals surface area contributed by atoms with Crippen LogP contribution in [0.5, 0.6) is 11.5 Å². The van der Waals surface area contributed by atoms with Gasteiger partial charge in [-0.2, -0.15) is 0 Å². The van der Waals surface area contributed by atoms with Crippen LogP contribution < -0.4 is 9.47 Å². The summed E-state index contributed by atoms with van der Waals surface area (Å²) in [6, 6.07) is 13.7. The van der Waals surface area contributed by atoms with Gasteiger partial charge in [-0.15, -0.1) is 0 Å². The fourth-order valence-corrected chi connectivity index (χ4v) is 4.16. The molecule has 0 radical (unpaired) electrons. The summed E-state index contributed by atoms with van der Waals surface area (Å²) in [6.45, 7) is 0. The van der Waals surface area contributed by atoms with Crippen LogP contribution in [0.2, 0.25) is 0 Å². The normalized spacial score (nSPS) is 21.9. The Morgan fingerprint density at radius 1 is 1.00 bits per heavy atom. The lowest BCUT2D eigenvalue weighted by Gasteiger charge is -2.36. The topological polar surface area (TPSA) is 65.0 Å². The van der Waals surface area contributed by atoms with Crippen LogP contribution in [0.1, 0.15) is 31.2 Å². The number of carboxylic acid groups (broad SMARTS) is 1. The quantitative estimate of drug-likeness (QED) is 0.757. The van der Waals surface area contributed by atoms with Crippen molar-refractivity contribution in [2.24, 2.45) is 5.41 Å². The number of hydrogen-bond donors (Lipinski definition) is 1. The highest BCUT2D eigenvalue weighted by molar-refractivity contribution is 5.77. The molecule has 1 aliphatic rings. The van der Waals surface area contributed by atoms with E-state index >= 15 is 0 Å². The molecule has 2 aromatic carbocycles. The average molecular weight is 384 g/mol. The van der Waals surface area contributed by atoms with Crippen LogP contribution in [-0.4, -0.2) is 38.5 Å². The van der Waals surface area contributed by atoms with Crippen LogP contribution >= 0.6 is 0 Å². The molecule has 0 bridgehead atoms. The Labute approximate surface area is 166 Å². The molecule has 0 amide bonds. The number of ether oxygens (including phenoxy) is 3. The molecule has 0 saturated heterocycles. The molecule has 0 atom stereocenters. The first-order valence-electron chi connectivity index (χ1n) is 9.59. The lowest BCUT2D eigenvalue weighted by Crippen LogP contribution is -2.39. The molecule has 1 fully saturated rings. The predicted molar refractivity (Wildman–Crippen MR) is 108 cm³/mol. The molecule has 1 N–H and O–H groups in total. The number of methoxy groups -OCH3 is 3. The fraction of sp³-hybridized carbons (Fsp3) is 0.435. The van der Waals surface area contributed by atoms with Crippen molar-refractivity contribution >= 4 is 5.97 Å². The SMILES string of the molecule is COc1cccc(OC)c1-c1ccc(CC2(C(=O)O)CCC(OC)CC2)cc1. The minimum absolute atomic E-state index is 0.174. The Morgan fingerprint density at radius 3 is 2.04 bits per heavy atom. The standard InChI is InChI=1S/C23H28O5/c1-26-18-11-13-23(14-12-18,22(24)25)15-16-7-9-17(10-8-16)21-19(27-2)5-4-6-20(21)28-3/h4-10,18H,11-15H2,1-3H3,(H,24,25). The van der Waals surface area contributed by atoms with E-state index < -0.39 is 11.4 Å². The third-order valence-electron chi connectivity index (χ3n) is 5.89. The highest BCUT2D eigenvalue weighted by atomic mass is 16.5. The molecule has 2 aromatic rings. The van der Waals surface area contributed by atoms with Gasteiger partial charge in [0.2, 0.25) is 0 Å². The van der Waals surface area contributed by atoms with E-state index in [-0.39, 0.29) is 6.10 Å². The minimum atomic E-state index is -0.711. The van der Waals surface area contributed by atoms with Crippen LogP contribution in [0.25, 0.3) is 11.1 Å². The van der Waals surface area contributed by atoms with Crippen molar-refractivity contribution in [2.75, 3.05) is 21.3 Å². The summed E-state index contributed by atoms with van der Waals surface area (Å²) in [5.41, 5.74) is 2.19. The predicted octanol–water partition coefficient (Wildman–Crippen LogP) is 4.57. The first kappa shape index (κ1) is 20.2. The molecule has 1 saturated carbocycles. The Balaban J connectivity index is 1.84. The summed E-state index contributed by atoms with van der Waals surface area (Å²) in [4.78, 5) is 12.1. The molecule has 5 nitrogen and oxygen atoms in total. The first-order valence-corrected chi connectivity index (χ1v) is 9.59. The van der Waals surface area contributed by atoms with E-state index in [0.29, 0.717) is 19.3 Å². The highest BCUT2D eigenvalue weighted by Crippen LogP contribution is 2.42. The average Bonchev–Trinajstić information content (AvgIpc) is 2.74. The van der Waals surface area contributed by atoms with Crippen LogP contribution in [0.15, 0.2) is 42.5 Å². The summed E-state index contributed by atoms with van der Waals surface area (Å²) >= 11 is 0. The molecular weight excluding hydrogens is 356 g/mol. The molecule has 1 aliphatic carbocycles. The number of carbonyl (C=O) groups is 1. The molecule has 150 valence electrons. The summed E-state index contributed by atoms with van der Waals surface area (Å²) in [6.07, 6.45) is 3.57. The van der Waals surface area contributed by atoms with Gasteiger partial charge >= 0.3 is 5.97 Å². The highest BCUT2D eigenvalue weighted by Gasteiger charge is 2.42. The second kappa shape index (κ2) is 8.65. The van der Waals surface area contributed by atoms with E-state index in [9.17, 15) is 9.90 Å². The lowest BCUT2D eigenvalue weighted by atomic mass is 9.69. The van der Waals surface area contributed by atoms with E-state index in [1.54, 1.807) is 21.3 Å². The fourth-order valence-electron chi connectivity index (χ4n) is 4.16. The van der Waals surface area contributed by atoms with Crippen molar-refractivity contribution < 1.29 is 24.1 Å². The van der Waals surface area contributed by atoms with Gasteiger partial charge in [0.25, 0.3) is 0 Å². The van der Waals surface area contributed by atoms with Gasteiger partial charge in [0.1, 0.15) is 11.5 Å². The van der Waals surface area contributed by atoms with E-state index in [1.807, 2.05) is 42.5 Å². The monoisotopic (exact) mass is 384 g/mol. The Morgan fingerprint density at radius 2 is 1.57 bits per heavy atom. The van der Waals surface area contributed by atoms with E-state index in [2.05, 4.69) is 0 Å². The summed E-state index contributed by atoms with van der Waals surface area (Å²) in [5.74, 6) is 0.775. The van der Waals surface area contributed by atoms with E-state index in [4.69, 9.17) is 14.2 Å². The van der Waals surface area contributed by atoms with Crippen molar-refractivity contribution in [2.45, 2.75) is 38.2 Å². The maximum absolute atomic E-state index is 12.1. The van der Waals surface area contributed by atoms with Crippen LogP contribution in [0, 0.1) is 5.41 Å². The van der Waals surface area contributed by atoms with Gasteiger partial charge in [0.05, 0.1) is 31.3 Å². The molecule has 28 heavy (non-hydrogen) atoms. The van der Waals surface area contributed by atoms with Gasteiger partial charge in [-0.1, -0.05) is 30.3 Å². The maximum atomic E-state index is 12.1. The van der Waals surface area contributed by atoms with Crippen molar-refractivity contribution in [1.82, 2.24) is 0 Å². The Kier molecular flexibility index (Phi) is 6.25. The second-order valence-corrected chi connectivity index (χ2v) is 7.43. The van der Waals surface area contributed by atoms with Crippen LogP contribution in [0.4, 0.5) is 0 Å². The number of rotatable bonds is 7. The van der Waals surface area contributed by atoms with Gasteiger partial charge in [-0.3, -0.25) is 4.79 Å². The first-order chi connectivity index (χ1) is 13.5. The van der Waals surface area contributed by atoms with Gasteiger partial charge in [-0.05, 0) is 55.4 Å². The molecular formula is C23H28O5. The second-order valence-electron chi connectivity index (χ2n) is 7.43. The van der Waals surface area contributed by atoms with E-state index in [0.717, 1.165) is 41.0 Å². The van der Waals surface area contributed by atoms with Crippen LogP contribution in [0.3, 0.4) is 0 Å². The van der Waals surface area contributed by atoms with Gasteiger partial charge in [-0.25, -0.2) is 0 Å². The molecule has 0 spiro atoms. The van der Waals surface area contributed by atoms with Crippen molar-refractivity contribution in [1.29, 1.82) is 0 Å². The summed E-state index contributed by atoms with van der Waals surface area (Å²) in [5, 5.41) is 9.90. The van der Waals surface area contributed by atoms with Crippen LogP contribution in [-0.2, 0) is 16.0 Å². The summed E-state index contributed by atoms with van der Waals surface area (Å²) < 4.78 is 16.4. The molecule has 5 heteroatoms. The third-order valence-corrected chi connectivity index (χ3v) is 5.89. The molecule has 3 rings (SSSR count).